The van der Waals surface area contributed by atoms with Crippen LogP contribution >= 0.6 is 0 Å². The van der Waals surface area contributed by atoms with Gasteiger partial charge in [0, 0.05) is 22.9 Å². The van der Waals surface area contributed by atoms with Crippen molar-refractivity contribution in [3.63, 3.8) is 0 Å². The number of cyclic esters (lactones) is 1. The fourth-order valence-electron chi connectivity index (χ4n) is 8.78. The summed E-state index contributed by atoms with van der Waals surface area (Å²) < 4.78 is 35.2. The molecule has 0 saturated carbocycles. The van der Waals surface area contributed by atoms with Crippen molar-refractivity contribution in [3.05, 3.63) is 236 Å². The van der Waals surface area contributed by atoms with Crippen LogP contribution in [0.5, 0.6) is 0 Å². The molecule has 394 valence electrons. The Hall–Kier alpha value is -8.21. The van der Waals surface area contributed by atoms with E-state index in [0.29, 0.717) is 38.9 Å². The monoisotopic (exact) mass is 1030 g/mol. The third-order valence-corrected chi connectivity index (χ3v) is 12.8. The van der Waals surface area contributed by atoms with Crippen LogP contribution < -0.4 is 0 Å². The predicted molar refractivity (Wildman–Crippen MR) is 282 cm³/mol. The average molecular weight is 1030 g/mol. The lowest BCUT2D eigenvalue weighted by molar-refractivity contribution is -0.193. The zero-order chi connectivity index (χ0) is 53.2. The Morgan fingerprint density at radius 2 is 0.895 bits per heavy atom. The lowest BCUT2D eigenvalue weighted by Gasteiger charge is -2.40. The first-order valence-electron chi connectivity index (χ1n) is 25.2. The van der Waals surface area contributed by atoms with Gasteiger partial charge in [0.15, 0.2) is 6.29 Å². The lowest BCUT2D eigenvalue weighted by atomic mass is 9.97. The van der Waals surface area contributed by atoms with Crippen molar-refractivity contribution in [2.75, 3.05) is 13.2 Å². The second-order valence-electron chi connectivity index (χ2n) is 18.1. The van der Waals surface area contributed by atoms with Crippen LogP contribution in [0.25, 0.3) is 20.9 Å². The Morgan fingerprint density at radius 1 is 0.526 bits per heavy atom. The number of carbonyl (C=O) groups excluding carboxylic acids is 3. The van der Waals surface area contributed by atoms with Crippen molar-refractivity contribution in [1.82, 2.24) is 9.80 Å². The number of aliphatic hydroxyl groups is 1. The number of esters is 1. The first-order valence-corrected chi connectivity index (χ1v) is 25.2. The van der Waals surface area contributed by atoms with E-state index in [2.05, 4.69) is 20.1 Å². The van der Waals surface area contributed by atoms with Crippen molar-refractivity contribution < 1.29 is 47.9 Å². The third kappa shape index (κ3) is 17.5. The maximum atomic E-state index is 13.6. The smallest absolute Gasteiger partial charge is 0.410 e. The van der Waals surface area contributed by atoms with Gasteiger partial charge in [-0.25, -0.2) is 9.59 Å². The van der Waals surface area contributed by atoms with Crippen LogP contribution in [-0.4, -0.2) is 88.9 Å². The highest BCUT2D eigenvalue weighted by Crippen LogP contribution is 2.29. The lowest BCUT2D eigenvalue weighted by Crippen LogP contribution is -2.54. The standard InChI is InChI=1S/C29H32N4O5.C29H30N4O5/c2*30-32-31-25-16-17-27(38-28(25)34)26(21-36-19-23-12-6-2-7-13-23)33(18-22-10-4-1-5-11-22)29(35)37-20-24-14-8-3-9-15-24/h1-15,25-28,34H,16-21H2;1-15,25-27H,16-21H2/t25-,26+,27+,28?;25-,26+,27+/m11/s1. The maximum absolute atomic E-state index is 13.6. The summed E-state index contributed by atoms with van der Waals surface area (Å²) in [5.74, 6) is -0.607. The summed E-state index contributed by atoms with van der Waals surface area (Å²) in [5.41, 5.74) is 23.1. The molecule has 6 aromatic rings. The molecule has 18 heteroatoms. The molecule has 0 aliphatic carbocycles. The highest BCUT2D eigenvalue weighted by molar-refractivity contribution is 5.77. The summed E-state index contributed by atoms with van der Waals surface area (Å²) >= 11 is 0. The molecule has 6 aromatic carbocycles. The summed E-state index contributed by atoms with van der Waals surface area (Å²) in [7, 11) is 0. The molecule has 0 radical (unpaired) electrons. The van der Waals surface area contributed by atoms with Gasteiger partial charge < -0.3 is 33.5 Å². The highest BCUT2D eigenvalue weighted by Gasteiger charge is 2.41. The molecule has 8 rings (SSSR count). The van der Waals surface area contributed by atoms with Crippen LogP contribution in [0.3, 0.4) is 0 Å². The fraction of sp³-hybridized carbons (Fsp3) is 0.328. The Kier molecular flexibility index (Phi) is 22.1. The number of ether oxygens (including phenoxy) is 6. The number of benzene rings is 6. The molecule has 2 heterocycles. The van der Waals surface area contributed by atoms with Gasteiger partial charge in [-0.2, -0.15) is 0 Å². The van der Waals surface area contributed by atoms with Crippen molar-refractivity contribution >= 4 is 18.2 Å². The quantitative estimate of drug-likeness (QED) is 0.0222. The summed E-state index contributed by atoms with van der Waals surface area (Å²) in [4.78, 5) is 48.4. The van der Waals surface area contributed by atoms with Gasteiger partial charge in [-0.1, -0.05) is 192 Å². The number of aliphatic hydroxyl groups excluding tert-OH is 1. The molecule has 18 nitrogen and oxygen atoms in total. The van der Waals surface area contributed by atoms with E-state index in [1.807, 2.05) is 182 Å². The third-order valence-electron chi connectivity index (χ3n) is 12.8. The molecular weight excluding hydrogens is 969 g/mol. The van der Waals surface area contributed by atoms with Gasteiger partial charge in [-0.05, 0) is 70.1 Å². The summed E-state index contributed by atoms with van der Waals surface area (Å²) in [5, 5.41) is 17.7. The minimum absolute atomic E-state index is 0.103. The number of amides is 2. The number of nitrogens with zero attached hydrogens (tertiary/aromatic N) is 8. The van der Waals surface area contributed by atoms with E-state index in [-0.39, 0.29) is 39.5 Å². The van der Waals surface area contributed by atoms with Crippen LogP contribution in [0.15, 0.2) is 192 Å². The zero-order valence-electron chi connectivity index (χ0n) is 42.0. The zero-order valence-corrected chi connectivity index (χ0v) is 42.0. The van der Waals surface area contributed by atoms with Gasteiger partial charge in [-0.15, -0.1) is 0 Å². The summed E-state index contributed by atoms with van der Waals surface area (Å²) in [6.07, 6.45) is -1.93. The van der Waals surface area contributed by atoms with E-state index in [9.17, 15) is 19.5 Å². The maximum Gasteiger partial charge on any atom is 0.410 e. The predicted octanol–water partition coefficient (Wildman–Crippen LogP) is 11.4. The van der Waals surface area contributed by atoms with Crippen LogP contribution in [0, 0.1) is 0 Å². The van der Waals surface area contributed by atoms with Crippen LogP contribution in [-0.2, 0) is 72.7 Å². The van der Waals surface area contributed by atoms with Gasteiger partial charge in [0.25, 0.3) is 0 Å². The highest BCUT2D eigenvalue weighted by atomic mass is 16.6. The van der Waals surface area contributed by atoms with E-state index in [1.54, 1.807) is 9.80 Å². The molecule has 7 atom stereocenters. The van der Waals surface area contributed by atoms with Crippen LogP contribution in [0.2, 0.25) is 0 Å². The molecule has 76 heavy (non-hydrogen) atoms. The Bertz CT molecular complexity index is 2780. The normalized spacial score (nSPS) is 18.6. The van der Waals surface area contributed by atoms with Crippen LogP contribution in [0.1, 0.15) is 59.1 Å². The van der Waals surface area contributed by atoms with Gasteiger partial charge in [0.1, 0.15) is 25.4 Å². The molecule has 2 aliphatic rings. The number of carbonyl (C=O) groups is 3. The first-order chi connectivity index (χ1) is 37.3. The van der Waals surface area contributed by atoms with Gasteiger partial charge >= 0.3 is 18.2 Å². The second kappa shape index (κ2) is 30.2. The minimum atomic E-state index is -1.28. The van der Waals surface area contributed by atoms with E-state index in [1.165, 1.54) is 0 Å². The number of rotatable bonds is 22. The van der Waals surface area contributed by atoms with Crippen molar-refractivity contribution in [1.29, 1.82) is 0 Å². The number of azide groups is 2. The fourth-order valence-corrected chi connectivity index (χ4v) is 8.78. The molecule has 2 amide bonds. The minimum Gasteiger partial charge on any atom is -0.460 e. The summed E-state index contributed by atoms with van der Waals surface area (Å²) in [6.45, 7) is 1.69. The van der Waals surface area contributed by atoms with E-state index in [4.69, 9.17) is 39.5 Å². The van der Waals surface area contributed by atoms with Gasteiger partial charge in [0.05, 0.1) is 50.7 Å². The largest absolute Gasteiger partial charge is 0.460 e. The number of hydrogen-bond donors (Lipinski definition) is 1. The molecule has 2 aliphatic heterocycles. The SMILES string of the molecule is [N-]=[N+]=N[C@@H]1CC[C@@H]([C@H](COCc2ccccc2)N(Cc2ccccc2)C(=O)OCc2ccccc2)OC1=O.[N-]=[N+]=N[C@@H]1CC[C@@H]([C@H](COCc2ccccc2)N(Cc2ccccc2)C(=O)OCc2ccccc2)OC1O. The summed E-state index contributed by atoms with van der Waals surface area (Å²) in [6, 6.07) is 54.7. The van der Waals surface area contributed by atoms with Crippen molar-refractivity contribution in [2.45, 2.75) is 108 Å². The average Bonchev–Trinajstić information content (AvgIpc) is 3.46. The van der Waals surface area contributed by atoms with Crippen molar-refractivity contribution in [2.24, 2.45) is 10.2 Å². The van der Waals surface area contributed by atoms with Gasteiger partial charge in [-0.3, -0.25) is 14.6 Å². The van der Waals surface area contributed by atoms with E-state index in [0.717, 1.165) is 33.4 Å². The van der Waals surface area contributed by atoms with E-state index >= 15 is 0 Å². The molecule has 0 aromatic heterocycles. The molecule has 0 spiro atoms. The molecule has 1 unspecified atom stereocenters. The molecule has 2 saturated heterocycles. The van der Waals surface area contributed by atoms with Gasteiger partial charge in [0.2, 0.25) is 0 Å². The van der Waals surface area contributed by atoms with Crippen LogP contribution in [0.4, 0.5) is 9.59 Å². The Balaban J connectivity index is 0.000000221. The van der Waals surface area contributed by atoms with E-state index < -0.39 is 60.8 Å². The Labute approximate surface area is 441 Å². The molecule has 2 fully saturated rings. The molecular formula is C58H62N8O10. The topological polar surface area (TPSA) is 231 Å². The Morgan fingerprint density at radius 3 is 1.28 bits per heavy atom. The second-order valence-corrected chi connectivity index (χ2v) is 18.1. The molecule has 0 bridgehead atoms. The molecule has 1 N–H and O–H groups in total. The number of hydrogen-bond acceptors (Lipinski definition) is 12. The van der Waals surface area contributed by atoms with Crippen molar-refractivity contribution in [3.8, 4) is 0 Å². The first kappa shape index (κ1) is 55.5.